The van der Waals surface area contributed by atoms with Crippen molar-refractivity contribution in [1.82, 2.24) is 4.98 Å². The largest absolute Gasteiger partial charge is 0.492 e. The second-order valence-electron chi connectivity index (χ2n) is 6.07. The van der Waals surface area contributed by atoms with Gasteiger partial charge in [0.2, 0.25) is 5.75 Å². The number of hydrogen-bond acceptors (Lipinski definition) is 7. The molecule has 0 unspecified atom stereocenters. The van der Waals surface area contributed by atoms with Gasteiger partial charge in [-0.1, -0.05) is 6.92 Å². The number of pyridine rings is 1. The van der Waals surface area contributed by atoms with Crippen molar-refractivity contribution in [3.05, 3.63) is 23.6 Å². The van der Waals surface area contributed by atoms with Crippen LogP contribution >= 0.6 is 0 Å². The third-order valence-electron chi connectivity index (χ3n) is 4.21. The van der Waals surface area contributed by atoms with Crippen LogP contribution in [0.4, 0.5) is 0 Å². The standard InChI is InChI=1S/C20H21NO6/c1-6-13-9-25-18-15-10(3)14(24-7-2)8-21-17(15)20(27-12(5)23)19(16(13)18)26-11(4)22/h8-9H,6-7H2,1-5H3. The Morgan fingerprint density at radius 1 is 1.07 bits per heavy atom. The van der Waals surface area contributed by atoms with Crippen LogP contribution in [0.25, 0.3) is 21.9 Å². The molecule has 0 bridgehead atoms. The first-order chi connectivity index (χ1) is 12.9. The fourth-order valence-electron chi connectivity index (χ4n) is 3.12. The van der Waals surface area contributed by atoms with Gasteiger partial charge in [0.1, 0.15) is 16.8 Å². The van der Waals surface area contributed by atoms with Crippen LogP contribution in [0.5, 0.6) is 17.2 Å². The number of carbonyl (C=O) groups is 2. The summed E-state index contributed by atoms with van der Waals surface area (Å²) in [6.45, 7) is 8.78. The molecule has 0 radical (unpaired) electrons. The average Bonchev–Trinajstić information content (AvgIpc) is 3.03. The Hall–Kier alpha value is -3.09. The van der Waals surface area contributed by atoms with E-state index in [-0.39, 0.29) is 11.5 Å². The van der Waals surface area contributed by atoms with E-state index >= 15 is 0 Å². The molecule has 0 amide bonds. The Morgan fingerprint density at radius 2 is 1.74 bits per heavy atom. The van der Waals surface area contributed by atoms with Crippen molar-refractivity contribution in [1.29, 1.82) is 0 Å². The zero-order valence-electron chi connectivity index (χ0n) is 16.0. The van der Waals surface area contributed by atoms with E-state index in [0.717, 1.165) is 11.1 Å². The number of aromatic nitrogens is 1. The number of furan rings is 1. The normalized spacial score (nSPS) is 11.0. The smallest absolute Gasteiger partial charge is 0.308 e. The van der Waals surface area contributed by atoms with E-state index in [1.807, 2.05) is 20.8 Å². The number of benzene rings is 1. The summed E-state index contributed by atoms with van der Waals surface area (Å²) < 4.78 is 22.3. The molecule has 27 heavy (non-hydrogen) atoms. The van der Waals surface area contributed by atoms with Crippen LogP contribution in [0.1, 0.15) is 38.8 Å². The van der Waals surface area contributed by atoms with Gasteiger partial charge in [0.15, 0.2) is 5.75 Å². The van der Waals surface area contributed by atoms with Crippen LogP contribution in [0, 0.1) is 6.92 Å². The number of rotatable bonds is 5. The maximum absolute atomic E-state index is 11.7. The first-order valence-corrected chi connectivity index (χ1v) is 8.73. The lowest BCUT2D eigenvalue weighted by Gasteiger charge is -2.16. The zero-order chi connectivity index (χ0) is 19.7. The van der Waals surface area contributed by atoms with Gasteiger partial charge in [0.25, 0.3) is 0 Å². The minimum atomic E-state index is -0.543. The van der Waals surface area contributed by atoms with Gasteiger partial charge in [-0.2, -0.15) is 0 Å². The molecule has 0 N–H and O–H groups in total. The second-order valence-corrected chi connectivity index (χ2v) is 6.07. The minimum Gasteiger partial charge on any atom is -0.492 e. The van der Waals surface area contributed by atoms with E-state index in [4.69, 9.17) is 18.6 Å². The maximum atomic E-state index is 11.7. The molecule has 0 saturated carbocycles. The van der Waals surface area contributed by atoms with Crippen molar-refractivity contribution in [2.75, 3.05) is 6.61 Å². The molecule has 0 atom stereocenters. The topological polar surface area (TPSA) is 87.9 Å². The predicted octanol–water partition coefficient (Wildman–Crippen LogP) is 4.10. The van der Waals surface area contributed by atoms with Gasteiger partial charge in [-0.15, -0.1) is 0 Å². The fraction of sp³-hybridized carbons (Fsp3) is 0.350. The Bertz CT molecular complexity index is 1050. The summed E-state index contributed by atoms with van der Waals surface area (Å²) in [6, 6.07) is 0. The summed E-state index contributed by atoms with van der Waals surface area (Å²) in [6.07, 6.45) is 3.81. The Labute approximate surface area is 156 Å². The van der Waals surface area contributed by atoms with Gasteiger partial charge in [-0.05, 0) is 20.3 Å². The molecule has 7 heteroatoms. The molecule has 3 rings (SSSR count). The summed E-state index contributed by atoms with van der Waals surface area (Å²) >= 11 is 0. The van der Waals surface area contributed by atoms with Crippen molar-refractivity contribution >= 4 is 33.8 Å². The third-order valence-corrected chi connectivity index (χ3v) is 4.21. The Kier molecular flexibility index (Phi) is 5.03. The van der Waals surface area contributed by atoms with Crippen molar-refractivity contribution in [2.45, 2.75) is 41.0 Å². The molecule has 1 aromatic carbocycles. The highest BCUT2D eigenvalue weighted by Gasteiger charge is 2.27. The number of aryl methyl sites for hydroxylation is 2. The van der Waals surface area contributed by atoms with Gasteiger partial charge >= 0.3 is 11.9 Å². The van der Waals surface area contributed by atoms with Crippen LogP contribution in [0.3, 0.4) is 0 Å². The minimum absolute atomic E-state index is 0.0995. The zero-order valence-corrected chi connectivity index (χ0v) is 16.0. The number of fused-ring (bicyclic) bond motifs is 3. The maximum Gasteiger partial charge on any atom is 0.308 e. The SMILES string of the molecule is CCOc1cnc2c(OC(C)=O)c(OC(C)=O)c3c(CC)coc3c2c1C. The molecular weight excluding hydrogens is 350 g/mol. The van der Waals surface area contributed by atoms with E-state index in [0.29, 0.717) is 40.6 Å². The van der Waals surface area contributed by atoms with E-state index in [1.165, 1.54) is 13.8 Å². The third kappa shape index (κ3) is 3.20. The molecule has 0 spiro atoms. The van der Waals surface area contributed by atoms with Gasteiger partial charge in [-0.25, -0.2) is 4.98 Å². The Balaban J connectivity index is 2.52. The van der Waals surface area contributed by atoms with E-state index in [1.54, 1.807) is 12.5 Å². The number of esters is 2. The van der Waals surface area contributed by atoms with E-state index < -0.39 is 11.9 Å². The molecule has 0 fully saturated rings. The van der Waals surface area contributed by atoms with Crippen LogP contribution in [0.15, 0.2) is 16.9 Å². The molecule has 0 aliphatic carbocycles. The molecule has 0 aliphatic rings. The van der Waals surface area contributed by atoms with Gasteiger partial charge in [0.05, 0.1) is 29.8 Å². The highest BCUT2D eigenvalue weighted by molar-refractivity contribution is 6.13. The number of ether oxygens (including phenoxy) is 3. The molecule has 0 aliphatic heterocycles. The fourth-order valence-corrected chi connectivity index (χ4v) is 3.12. The summed E-state index contributed by atoms with van der Waals surface area (Å²) in [5, 5.41) is 1.25. The Morgan fingerprint density at radius 3 is 2.33 bits per heavy atom. The van der Waals surface area contributed by atoms with Crippen LogP contribution in [-0.4, -0.2) is 23.5 Å². The predicted molar refractivity (Wildman–Crippen MR) is 99.4 cm³/mol. The highest BCUT2D eigenvalue weighted by Crippen LogP contribution is 2.47. The highest BCUT2D eigenvalue weighted by atomic mass is 16.6. The van der Waals surface area contributed by atoms with Crippen molar-refractivity contribution < 1.29 is 28.2 Å². The first-order valence-electron chi connectivity index (χ1n) is 8.73. The summed E-state index contributed by atoms with van der Waals surface area (Å²) in [5.74, 6) is -0.229. The van der Waals surface area contributed by atoms with E-state index in [2.05, 4.69) is 4.98 Å². The average molecular weight is 371 g/mol. The number of nitrogens with zero attached hydrogens (tertiary/aromatic N) is 1. The van der Waals surface area contributed by atoms with Crippen molar-refractivity contribution in [3.63, 3.8) is 0 Å². The van der Waals surface area contributed by atoms with Crippen molar-refractivity contribution in [2.24, 2.45) is 0 Å². The second kappa shape index (κ2) is 7.26. The summed E-state index contributed by atoms with van der Waals surface area (Å²) in [7, 11) is 0. The van der Waals surface area contributed by atoms with E-state index in [9.17, 15) is 9.59 Å². The summed E-state index contributed by atoms with van der Waals surface area (Å²) in [5.41, 5.74) is 2.51. The van der Waals surface area contributed by atoms with Crippen LogP contribution < -0.4 is 14.2 Å². The molecular formula is C20H21NO6. The number of hydrogen-bond donors (Lipinski definition) is 0. The lowest BCUT2D eigenvalue weighted by molar-refractivity contribution is -0.134. The molecule has 3 aromatic rings. The monoisotopic (exact) mass is 371 g/mol. The van der Waals surface area contributed by atoms with Gasteiger partial charge in [-0.3, -0.25) is 9.59 Å². The quantitative estimate of drug-likeness (QED) is 0.493. The molecule has 0 saturated heterocycles. The molecule has 7 nitrogen and oxygen atoms in total. The lowest BCUT2D eigenvalue weighted by Crippen LogP contribution is -2.09. The first kappa shape index (κ1) is 18.7. The number of carbonyl (C=O) groups excluding carboxylic acids is 2. The molecule has 142 valence electrons. The van der Waals surface area contributed by atoms with Crippen LogP contribution in [-0.2, 0) is 16.0 Å². The summed E-state index contributed by atoms with van der Waals surface area (Å²) in [4.78, 5) is 27.9. The molecule has 2 aromatic heterocycles. The van der Waals surface area contributed by atoms with Crippen LogP contribution in [0.2, 0.25) is 0 Å². The lowest BCUT2D eigenvalue weighted by atomic mass is 10.0. The van der Waals surface area contributed by atoms with Crippen molar-refractivity contribution in [3.8, 4) is 17.2 Å². The van der Waals surface area contributed by atoms with Gasteiger partial charge < -0.3 is 18.6 Å². The van der Waals surface area contributed by atoms with Gasteiger partial charge in [0, 0.05) is 25.0 Å². The molecule has 2 heterocycles.